The molecule has 9 heteroatoms. The Kier molecular flexibility index (Phi) is 5.39. The molecule has 0 spiro atoms. The number of rotatable bonds is 6. The number of methoxy groups -OCH3 is 1. The van der Waals surface area contributed by atoms with Gasteiger partial charge in [-0.2, -0.15) is 0 Å². The van der Waals surface area contributed by atoms with E-state index in [-0.39, 0.29) is 22.9 Å². The second-order valence-corrected chi connectivity index (χ2v) is 7.09. The number of hydrogen-bond acceptors (Lipinski definition) is 6. The van der Waals surface area contributed by atoms with Gasteiger partial charge in [0.2, 0.25) is 10.0 Å². The quantitative estimate of drug-likeness (QED) is 0.526. The van der Waals surface area contributed by atoms with Crippen molar-refractivity contribution in [2.24, 2.45) is 0 Å². The van der Waals surface area contributed by atoms with E-state index in [1.165, 1.54) is 26.2 Å². The van der Waals surface area contributed by atoms with Crippen LogP contribution < -0.4 is 15.2 Å². The Hall–Kier alpha value is -0.870. The Morgan fingerprint density at radius 1 is 1.50 bits per heavy atom. The molecule has 0 amide bonds. The molecule has 0 aliphatic rings. The van der Waals surface area contributed by atoms with Crippen molar-refractivity contribution in [1.29, 1.82) is 0 Å². The molecule has 0 radical (unpaired) electrons. The summed E-state index contributed by atoms with van der Waals surface area (Å²) in [6, 6.07) is 2.69. The van der Waals surface area contributed by atoms with Crippen LogP contribution in [0.5, 0.6) is 5.75 Å². The summed E-state index contributed by atoms with van der Waals surface area (Å²) in [6.45, 7) is 0.392. The number of benzene rings is 1. The Labute approximate surface area is 125 Å². The highest BCUT2D eigenvalue weighted by Gasteiger charge is 2.26. The summed E-state index contributed by atoms with van der Waals surface area (Å²) in [7, 11) is -2.60. The highest BCUT2D eigenvalue weighted by molar-refractivity contribution is 9.10. The highest BCUT2D eigenvalue weighted by atomic mass is 79.9. The molecule has 1 atom stereocenters. The number of hydrogen-bond donors (Lipinski definition) is 4. The zero-order chi connectivity index (χ0) is 15.6. The molecule has 114 valence electrons. The average molecular weight is 369 g/mol. The van der Waals surface area contributed by atoms with Gasteiger partial charge in [-0.1, -0.05) is 0 Å². The summed E-state index contributed by atoms with van der Waals surface area (Å²) in [5.41, 5.74) is 4.35. The van der Waals surface area contributed by atoms with E-state index in [2.05, 4.69) is 20.7 Å². The lowest BCUT2D eigenvalue weighted by atomic mass is 10.1. The molecule has 0 fully saturated rings. The first kappa shape index (κ1) is 17.2. The maximum atomic E-state index is 12.2. The molecular formula is C11H17BrN2O5S. The van der Waals surface area contributed by atoms with Crippen molar-refractivity contribution in [1.82, 2.24) is 4.72 Å². The number of nitrogen functional groups attached to an aromatic ring is 1. The van der Waals surface area contributed by atoms with Crippen LogP contribution in [-0.4, -0.2) is 44.5 Å². The third kappa shape index (κ3) is 4.06. The van der Waals surface area contributed by atoms with Crippen LogP contribution in [0.4, 0.5) is 5.69 Å². The van der Waals surface area contributed by atoms with Gasteiger partial charge in [0.15, 0.2) is 0 Å². The molecule has 1 aromatic rings. The van der Waals surface area contributed by atoms with Crippen molar-refractivity contribution in [3.8, 4) is 5.75 Å². The molecule has 7 nitrogen and oxygen atoms in total. The molecule has 0 aliphatic carbocycles. The Bertz CT molecular complexity index is 589. The Morgan fingerprint density at radius 2 is 2.10 bits per heavy atom. The molecule has 5 N–H and O–H groups in total. The Balaban J connectivity index is 3.13. The van der Waals surface area contributed by atoms with Gasteiger partial charge in [0.25, 0.3) is 0 Å². The molecule has 0 aromatic heterocycles. The number of aliphatic hydroxyl groups is 2. The number of ether oxygens (including phenoxy) is 1. The van der Waals surface area contributed by atoms with Crippen LogP contribution in [0.1, 0.15) is 6.92 Å². The van der Waals surface area contributed by atoms with Gasteiger partial charge in [-0.05, 0) is 35.0 Å². The summed E-state index contributed by atoms with van der Waals surface area (Å²) in [6.07, 6.45) is 0. The molecule has 0 heterocycles. The van der Waals surface area contributed by atoms with E-state index in [4.69, 9.17) is 15.6 Å². The van der Waals surface area contributed by atoms with E-state index in [0.717, 1.165) is 0 Å². The van der Waals surface area contributed by atoms with E-state index >= 15 is 0 Å². The van der Waals surface area contributed by atoms with Gasteiger partial charge in [0.05, 0.1) is 19.3 Å². The number of nitrogens with one attached hydrogen (secondary N) is 1. The molecule has 1 aromatic carbocycles. The van der Waals surface area contributed by atoms with Crippen LogP contribution >= 0.6 is 15.9 Å². The van der Waals surface area contributed by atoms with E-state index in [1.807, 2.05) is 0 Å². The number of aliphatic hydroxyl groups excluding tert-OH is 1. The minimum absolute atomic E-state index is 0.113. The van der Waals surface area contributed by atoms with Gasteiger partial charge < -0.3 is 20.7 Å². The zero-order valence-electron chi connectivity index (χ0n) is 11.1. The monoisotopic (exact) mass is 368 g/mol. The van der Waals surface area contributed by atoms with E-state index in [1.54, 1.807) is 0 Å². The first-order chi connectivity index (χ1) is 9.13. The molecule has 0 saturated heterocycles. The number of anilines is 1. The second-order valence-electron chi connectivity index (χ2n) is 4.50. The summed E-state index contributed by atoms with van der Waals surface area (Å²) in [5, 5.41) is 18.5. The van der Waals surface area contributed by atoms with Crippen molar-refractivity contribution in [2.75, 3.05) is 26.0 Å². The largest absolute Gasteiger partial charge is 0.495 e. The van der Waals surface area contributed by atoms with Gasteiger partial charge in [-0.15, -0.1) is 0 Å². The van der Waals surface area contributed by atoms with Crippen LogP contribution in [-0.2, 0) is 10.0 Å². The third-order valence-corrected chi connectivity index (χ3v) is 4.67. The number of nitrogens with two attached hydrogens (primary N) is 1. The predicted octanol–water partition coefficient (Wildman–Crippen LogP) is 0.0615. The first-order valence-electron chi connectivity index (χ1n) is 5.59. The second kappa shape index (κ2) is 6.27. The lowest BCUT2D eigenvalue weighted by Gasteiger charge is -2.21. The SMILES string of the molecule is COc1cc(Br)c(N)cc1S(=O)(=O)NCC(C)(O)CO. The number of sulfonamides is 1. The molecule has 0 aliphatic heterocycles. The number of halogens is 1. The van der Waals surface area contributed by atoms with E-state index < -0.39 is 22.2 Å². The normalized spacial score (nSPS) is 14.8. The summed E-state index contributed by atoms with van der Waals surface area (Å²) in [5.74, 6) is 0.113. The molecule has 0 saturated carbocycles. The highest BCUT2D eigenvalue weighted by Crippen LogP contribution is 2.32. The van der Waals surface area contributed by atoms with Crippen LogP contribution in [0.3, 0.4) is 0 Å². The molecule has 0 bridgehead atoms. The third-order valence-electron chi connectivity index (χ3n) is 2.56. The molecule has 1 unspecified atom stereocenters. The minimum atomic E-state index is -3.93. The van der Waals surface area contributed by atoms with Crippen LogP contribution in [0.2, 0.25) is 0 Å². The fourth-order valence-corrected chi connectivity index (χ4v) is 2.97. The van der Waals surface area contributed by atoms with Crippen LogP contribution in [0.25, 0.3) is 0 Å². The fraction of sp³-hybridized carbons (Fsp3) is 0.455. The lowest BCUT2D eigenvalue weighted by molar-refractivity contribution is 0.00680. The van der Waals surface area contributed by atoms with E-state index in [0.29, 0.717) is 4.47 Å². The molecule has 1 rings (SSSR count). The predicted molar refractivity (Wildman–Crippen MR) is 78.0 cm³/mol. The summed E-state index contributed by atoms with van der Waals surface area (Å²) in [4.78, 5) is -0.144. The van der Waals surface area contributed by atoms with Crippen LogP contribution in [0.15, 0.2) is 21.5 Å². The molecule has 20 heavy (non-hydrogen) atoms. The van der Waals surface area contributed by atoms with Gasteiger partial charge >= 0.3 is 0 Å². The van der Waals surface area contributed by atoms with Crippen molar-refractivity contribution in [2.45, 2.75) is 17.4 Å². The molecular weight excluding hydrogens is 352 g/mol. The fourth-order valence-electron chi connectivity index (χ4n) is 1.30. The zero-order valence-corrected chi connectivity index (χ0v) is 13.5. The standard InChI is InChI=1S/C11H17BrN2O5S/c1-11(16,6-15)5-14-20(17,18)10-4-8(13)7(12)3-9(10)19-2/h3-4,14-16H,5-6,13H2,1-2H3. The topological polar surface area (TPSA) is 122 Å². The van der Waals surface area contributed by atoms with Crippen molar-refractivity contribution in [3.05, 3.63) is 16.6 Å². The van der Waals surface area contributed by atoms with Crippen molar-refractivity contribution >= 4 is 31.6 Å². The Morgan fingerprint density at radius 3 is 2.60 bits per heavy atom. The minimum Gasteiger partial charge on any atom is -0.495 e. The van der Waals surface area contributed by atoms with Gasteiger partial charge in [0, 0.05) is 16.7 Å². The van der Waals surface area contributed by atoms with Crippen LogP contribution in [0, 0.1) is 0 Å². The first-order valence-corrected chi connectivity index (χ1v) is 7.86. The van der Waals surface area contributed by atoms with Crippen molar-refractivity contribution < 1.29 is 23.4 Å². The van der Waals surface area contributed by atoms with Gasteiger partial charge in [0.1, 0.15) is 10.6 Å². The average Bonchev–Trinajstić information content (AvgIpc) is 2.39. The lowest BCUT2D eigenvalue weighted by Crippen LogP contribution is -2.43. The van der Waals surface area contributed by atoms with Gasteiger partial charge in [-0.3, -0.25) is 0 Å². The van der Waals surface area contributed by atoms with Gasteiger partial charge in [-0.25, -0.2) is 13.1 Å². The summed E-state index contributed by atoms with van der Waals surface area (Å²) < 4.78 is 32.1. The van der Waals surface area contributed by atoms with Crippen molar-refractivity contribution in [3.63, 3.8) is 0 Å². The maximum Gasteiger partial charge on any atom is 0.244 e. The smallest absolute Gasteiger partial charge is 0.244 e. The van der Waals surface area contributed by atoms with E-state index in [9.17, 15) is 13.5 Å². The summed E-state index contributed by atoms with van der Waals surface area (Å²) >= 11 is 3.18. The maximum absolute atomic E-state index is 12.2.